The average molecular weight is 235 g/mol. The van der Waals surface area contributed by atoms with Gasteiger partial charge in [0.2, 0.25) is 0 Å². The number of nitrogen functional groups attached to an aromatic ring is 1. The Morgan fingerprint density at radius 2 is 2.06 bits per heavy atom. The molecule has 0 radical (unpaired) electrons. The Labute approximate surface area is 98.8 Å². The second kappa shape index (κ2) is 4.86. The third kappa shape index (κ3) is 2.44. The van der Waals surface area contributed by atoms with E-state index >= 15 is 0 Å². The van der Waals surface area contributed by atoms with Crippen LogP contribution in [0.25, 0.3) is 0 Å². The molecule has 0 aliphatic carbocycles. The van der Waals surface area contributed by atoms with Crippen LogP contribution in [0.4, 0.5) is 5.69 Å². The van der Waals surface area contributed by atoms with E-state index in [1.807, 2.05) is 18.2 Å². The lowest BCUT2D eigenvalue weighted by Gasteiger charge is -2.08. The smallest absolute Gasteiger partial charge is 0.138 e. The molecule has 4 heteroatoms. The van der Waals surface area contributed by atoms with Gasteiger partial charge in [0.1, 0.15) is 12.4 Å². The minimum absolute atomic E-state index is 0.364. The van der Waals surface area contributed by atoms with Crippen LogP contribution in [0.3, 0.4) is 0 Å². The predicted octanol–water partition coefficient (Wildman–Crippen LogP) is 2.90. The first-order valence-electron chi connectivity index (χ1n) is 4.83. The molecule has 2 rings (SSSR count). The molecule has 0 amide bonds. The zero-order valence-corrected chi connectivity index (χ0v) is 9.32. The maximum absolute atomic E-state index is 5.96. The van der Waals surface area contributed by atoms with E-state index in [0.717, 1.165) is 5.56 Å². The molecule has 1 aromatic carbocycles. The number of para-hydroxylation sites is 1. The van der Waals surface area contributed by atoms with Crippen molar-refractivity contribution < 1.29 is 4.74 Å². The third-order valence-corrected chi connectivity index (χ3v) is 2.47. The van der Waals surface area contributed by atoms with Gasteiger partial charge in [0.15, 0.2) is 0 Å². The van der Waals surface area contributed by atoms with E-state index in [-0.39, 0.29) is 0 Å². The van der Waals surface area contributed by atoms with Crippen LogP contribution in [0.2, 0.25) is 5.02 Å². The van der Waals surface area contributed by atoms with Crippen molar-refractivity contribution in [2.45, 2.75) is 6.61 Å². The molecule has 1 heterocycles. The van der Waals surface area contributed by atoms with Crippen molar-refractivity contribution in [1.29, 1.82) is 0 Å². The van der Waals surface area contributed by atoms with Crippen molar-refractivity contribution in [2.24, 2.45) is 0 Å². The highest BCUT2D eigenvalue weighted by molar-refractivity contribution is 6.32. The summed E-state index contributed by atoms with van der Waals surface area (Å²) in [6.45, 7) is 0.364. The summed E-state index contributed by atoms with van der Waals surface area (Å²) in [6, 6.07) is 9.06. The number of anilines is 1. The van der Waals surface area contributed by atoms with Crippen LogP contribution in [0.5, 0.6) is 5.75 Å². The van der Waals surface area contributed by atoms with E-state index in [2.05, 4.69) is 4.98 Å². The van der Waals surface area contributed by atoms with Gasteiger partial charge in [-0.25, -0.2) is 0 Å². The minimum Gasteiger partial charge on any atom is -0.487 e. The molecular formula is C12H11ClN2O. The highest BCUT2D eigenvalue weighted by Gasteiger charge is 2.02. The number of nitrogens with two attached hydrogens (primary N) is 1. The highest BCUT2D eigenvalue weighted by atomic mass is 35.5. The SMILES string of the molecule is Nc1ccncc1COc1ccccc1Cl. The normalized spacial score (nSPS) is 10.1. The predicted molar refractivity (Wildman–Crippen MR) is 64.4 cm³/mol. The van der Waals surface area contributed by atoms with Crippen LogP contribution >= 0.6 is 11.6 Å². The topological polar surface area (TPSA) is 48.1 Å². The Bertz CT molecular complexity index is 442. The highest BCUT2D eigenvalue weighted by Crippen LogP contribution is 2.24. The summed E-state index contributed by atoms with van der Waals surface area (Å²) < 4.78 is 5.55. The van der Waals surface area contributed by atoms with E-state index in [9.17, 15) is 0 Å². The summed E-state index contributed by atoms with van der Waals surface area (Å²) >= 11 is 5.96. The van der Waals surface area contributed by atoms with Gasteiger partial charge in [-0.3, -0.25) is 4.98 Å². The van der Waals surface area contributed by atoms with Gasteiger partial charge >= 0.3 is 0 Å². The van der Waals surface area contributed by atoms with Crippen molar-refractivity contribution in [3.05, 3.63) is 53.3 Å². The fourth-order valence-electron chi connectivity index (χ4n) is 1.28. The number of hydrogen-bond acceptors (Lipinski definition) is 3. The first kappa shape index (κ1) is 10.8. The molecule has 0 aliphatic rings. The number of rotatable bonds is 3. The molecule has 0 bridgehead atoms. The molecule has 0 unspecified atom stereocenters. The zero-order chi connectivity index (χ0) is 11.4. The van der Waals surface area contributed by atoms with Gasteiger partial charge in [-0.05, 0) is 18.2 Å². The second-order valence-corrected chi connectivity index (χ2v) is 3.70. The number of ether oxygens (including phenoxy) is 1. The first-order valence-corrected chi connectivity index (χ1v) is 5.21. The number of halogens is 1. The number of hydrogen-bond donors (Lipinski definition) is 1. The maximum atomic E-state index is 5.96. The lowest BCUT2D eigenvalue weighted by molar-refractivity contribution is 0.306. The quantitative estimate of drug-likeness (QED) is 0.888. The molecule has 16 heavy (non-hydrogen) atoms. The summed E-state index contributed by atoms with van der Waals surface area (Å²) in [7, 11) is 0. The van der Waals surface area contributed by atoms with E-state index in [0.29, 0.717) is 23.1 Å². The van der Waals surface area contributed by atoms with E-state index < -0.39 is 0 Å². The minimum atomic E-state index is 0.364. The summed E-state index contributed by atoms with van der Waals surface area (Å²) in [5.74, 6) is 0.646. The molecule has 2 N–H and O–H groups in total. The summed E-state index contributed by atoms with van der Waals surface area (Å²) in [4.78, 5) is 3.99. The van der Waals surface area contributed by atoms with Gasteiger partial charge in [0.25, 0.3) is 0 Å². The Kier molecular flexibility index (Phi) is 3.27. The van der Waals surface area contributed by atoms with E-state index in [1.165, 1.54) is 0 Å². The van der Waals surface area contributed by atoms with Crippen molar-refractivity contribution in [2.75, 3.05) is 5.73 Å². The van der Waals surface area contributed by atoms with Crippen LogP contribution < -0.4 is 10.5 Å². The average Bonchev–Trinajstić information content (AvgIpc) is 2.30. The first-order chi connectivity index (χ1) is 7.77. The summed E-state index contributed by atoms with van der Waals surface area (Å²) in [5, 5.41) is 0.588. The lowest BCUT2D eigenvalue weighted by atomic mass is 10.2. The standard InChI is InChI=1S/C12H11ClN2O/c13-10-3-1-2-4-12(10)16-8-9-7-15-6-5-11(9)14/h1-7H,8H2,(H2,14,15). The molecule has 0 fully saturated rings. The van der Waals surface area contributed by atoms with E-state index in [1.54, 1.807) is 24.5 Å². The van der Waals surface area contributed by atoms with Gasteiger partial charge in [-0.1, -0.05) is 23.7 Å². The molecule has 3 nitrogen and oxygen atoms in total. The zero-order valence-electron chi connectivity index (χ0n) is 8.56. The molecule has 0 aliphatic heterocycles. The molecule has 0 saturated carbocycles. The van der Waals surface area contributed by atoms with Crippen LogP contribution in [0.15, 0.2) is 42.7 Å². The van der Waals surface area contributed by atoms with Crippen LogP contribution in [-0.2, 0) is 6.61 Å². The molecular weight excluding hydrogens is 224 g/mol. The fraction of sp³-hybridized carbons (Fsp3) is 0.0833. The van der Waals surface area contributed by atoms with E-state index in [4.69, 9.17) is 22.1 Å². The third-order valence-electron chi connectivity index (χ3n) is 2.16. The van der Waals surface area contributed by atoms with Crippen LogP contribution in [0.1, 0.15) is 5.56 Å². The monoisotopic (exact) mass is 234 g/mol. The molecule has 0 spiro atoms. The number of nitrogens with zero attached hydrogens (tertiary/aromatic N) is 1. The molecule has 2 aromatic rings. The van der Waals surface area contributed by atoms with Crippen molar-refractivity contribution in [1.82, 2.24) is 4.98 Å². The number of pyridine rings is 1. The maximum Gasteiger partial charge on any atom is 0.138 e. The van der Waals surface area contributed by atoms with Gasteiger partial charge in [-0.2, -0.15) is 0 Å². The van der Waals surface area contributed by atoms with Crippen molar-refractivity contribution in [3.63, 3.8) is 0 Å². The Balaban J connectivity index is 2.09. The van der Waals surface area contributed by atoms with Crippen LogP contribution in [-0.4, -0.2) is 4.98 Å². The summed E-state index contributed by atoms with van der Waals surface area (Å²) in [6.07, 6.45) is 3.33. The molecule has 1 aromatic heterocycles. The Morgan fingerprint density at radius 3 is 2.81 bits per heavy atom. The van der Waals surface area contributed by atoms with Crippen molar-refractivity contribution in [3.8, 4) is 5.75 Å². The van der Waals surface area contributed by atoms with Gasteiger partial charge in [0.05, 0.1) is 5.02 Å². The fourth-order valence-corrected chi connectivity index (χ4v) is 1.47. The summed E-state index contributed by atoms with van der Waals surface area (Å²) in [5.41, 5.74) is 7.29. The number of aromatic nitrogens is 1. The lowest BCUT2D eigenvalue weighted by Crippen LogP contribution is -2.00. The molecule has 82 valence electrons. The van der Waals surface area contributed by atoms with Gasteiger partial charge in [0, 0.05) is 23.6 Å². The Hall–Kier alpha value is -1.74. The molecule has 0 atom stereocenters. The van der Waals surface area contributed by atoms with Gasteiger partial charge in [-0.15, -0.1) is 0 Å². The molecule has 0 saturated heterocycles. The Morgan fingerprint density at radius 1 is 1.25 bits per heavy atom. The largest absolute Gasteiger partial charge is 0.487 e. The van der Waals surface area contributed by atoms with Crippen LogP contribution in [0, 0.1) is 0 Å². The van der Waals surface area contributed by atoms with Crippen molar-refractivity contribution >= 4 is 17.3 Å². The number of benzene rings is 1. The second-order valence-electron chi connectivity index (χ2n) is 3.29. The van der Waals surface area contributed by atoms with Gasteiger partial charge < -0.3 is 10.5 Å².